The Kier molecular flexibility index (Phi) is 5.63. The number of hydrogen-bond donors (Lipinski definition) is 1. The number of hydrogen-bond acceptors (Lipinski definition) is 5. The maximum Gasteiger partial charge on any atom is 0.505 e. The molecule has 7 heteroatoms. The van der Waals surface area contributed by atoms with E-state index in [-0.39, 0.29) is 6.10 Å². The molecule has 0 spiro atoms. The lowest BCUT2D eigenvalue weighted by Gasteiger charge is -2.23. The number of H-pyrrole nitrogens is 1. The number of aromatic amines is 1. The number of nitrogens with zero attached hydrogens (tertiary/aromatic N) is 2. The highest BCUT2D eigenvalue weighted by atomic mass is 32.1. The fourth-order valence-electron chi connectivity index (χ4n) is 3.99. The summed E-state index contributed by atoms with van der Waals surface area (Å²) >= 11 is 0.477. The van der Waals surface area contributed by atoms with Crippen LogP contribution in [-0.4, -0.2) is 29.3 Å². The summed E-state index contributed by atoms with van der Waals surface area (Å²) in [6, 6.07) is 19.5. The predicted octanol–water partition coefficient (Wildman–Crippen LogP) is 5.11. The van der Waals surface area contributed by atoms with Gasteiger partial charge in [0.05, 0.1) is 18.8 Å². The van der Waals surface area contributed by atoms with Crippen molar-refractivity contribution in [3.8, 4) is 34.2 Å². The zero-order valence-corrected chi connectivity index (χ0v) is 18.0. The third-order valence-electron chi connectivity index (χ3n) is 5.67. The van der Waals surface area contributed by atoms with Gasteiger partial charge in [-0.15, -0.1) is 0 Å². The lowest BCUT2D eigenvalue weighted by atomic mass is 10.0. The third-order valence-corrected chi connectivity index (χ3v) is 6.13. The largest absolute Gasteiger partial charge is 0.505 e. The molecule has 0 unspecified atom stereocenters. The second kappa shape index (κ2) is 8.87. The topological polar surface area (TPSA) is 88.0 Å². The smallest absolute Gasteiger partial charge is 0.489 e. The second-order valence-corrected chi connectivity index (χ2v) is 8.30. The molecule has 3 heterocycles. The molecule has 4 aromatic rings. The van der Waals surface area contributed by atoms with E-state index >= 15 is 0 Å². The molecule has 0 bridgehead atoms. The van der Waals surface area contributed by atoms with Gasteiger partial charge in [-0.2, -0.15) is 5.26 Å². The summed E-state index contributed by atoms with van der Waals surface area (Å²) in [5, 5.41) is 10.7. The highest BCUT2D eigenvalue weighted by Crippen LogP contribution is 2.34. The Hall–Kier alpha value is -3.60. The molecule has 1 saturated heterocycles. The van der Waals surface area contributed by atoms with Gasteiger partial charge >= 0.3 is 11.7 Å². The average molecular weight is 443 g/mol. The molecule has 1 fully saturated rings. The van der Waals surface area contributed by atoms with E-state index in [4.69, 9.17) is 9.47 Å². The van der Waals surface area contributed by atoms with Gasteiger partial charge in [0.15, 0.2) is 0 Å². The molecular formula is C25H20N3O3S+. The molecule has 0 saturated carbocycles. The number of rotatable bonds is 5. The standard InChI is InChI=1S/C25H20N3O3S/c26-15-18-13-17(3-6-24(18)31-19-8-11-30-12-9-19)21-7-10-27-25-22(21)14-23(28-25)16-1-4-20(32-29)5-2-16/h1-7,10,13-14,19H,8-9,11-12H2,(H,27,28)/q+1. The van der Waals surface area contributed by atoms with Gasteiger partial charge in [-0.1, -0.05) is 6.07 Å². The number of nitriles is 1. The predicted molar refractivity (Wildman–Crippen MR) is 122 cm³/mol. The number of aromatic nitrogens is 2. The number of pyridine rings is 1. The first-order valence-electron chi connectivity index (χ1n) is 10.4. The first-order chi connectivity index (χ1) is 15.7. The van der Waals surface area contributed by atoms with Crippen LogP contribution in [0.2, 0.25) is 0 Å². The zero-order valence-electron chi connectivity index (χ0n) is 17.2. The van der Waals surface area contributed by atoms with Gasteiger partial charge in [-0.25, -0.2) is 4.98 Å². The SMILES string of the molecule is N#Cc1cc(-c2ccnc3[nH]c(-c4ccc([S+]=O)cc4)cc23)ccc1OC1CCOCC1. The van der Waals surface area contributed by atoms with E-state index in [0.29, 0.717) is 41.1 Å². The van der Waals surface area contributed by atoms with Crippen molar-refractivity contribution in [2.75, 3.05) is 13.2 Å². The fraction of sp³-hybridized carbons (Fsp3) is 0.200. The van der Waals surface area contributed by atoms with Gasteiger partial charge in [0, 0.05) is 46.5 Å². The molecular weight excluding hydrogens is 422 g/mol. The van der Waals surface area contributed by atoms with E-state index in [0.717, 1.165) is 46.3 Å². The molecule has 0 radical (unpaired) electrons. The second-order valence-electron chi connectivity index (χ2n) is 7.66. The van der Waals surface area contributed by atoms with Crippen molar-refractivity contribution < 1.29 is 13.7 Å². The summed E-state index contributed by atoms with van der Waals surface area (Å²) in [5.74, 6) is 0.611. The third kappa shape index (κ3) is 3.98. The van der Waals surface area contributed by atoms with E-state index < -0.39 is 0 Å². The number of benzene rings is 2. The summed E-state index contributed by atoms with van der Waals surface area (Å²) in [5.41, 5.74) is 5.09. The summed E-state index contributed by atoms with van der Waals surface area (Å²) < 4.78 is 22.5. The van der Waals surface area contributed by atoms with Crippen LogP contribution in [-0.2, 0) is 20.6 Å². The van der Waals surface area contributed by atoms with Crippen LogP contribution in [0.5, 0.6) is 5.75 Å². The Balaban J connectivity index is 1.50. The first-order valence-corrected chi connectivity index (χ1v) is 11.2. The molecule has 1 aliphatic rings. The lowest BCUT2D eigenvalue weighted by Crippen LogP contribution is -2.26. The van der Waals surface area contributed by atoms with Gasteiger partial charge in [0.25, 0.3) is 4.90 Å². The van der Waals surface area contributed by atoms with E-state index in [1.165, 1.54) is 0 Å². The Morgan fingerprint density at radius 1 is 1.06 bits per heavy atom. The molecule has 5 rings (SSSR count). The quantitative estimate of drug-likeness (QED) is 0.434. The van der Waals surface area contributed by atoms with Crippen LogP contribution in [0.15, 0.2) is 65.7 Å². The van der Waals surface area contributed by atoms with Crippen molar-refractivity contribution >= 4 is 22.7 Å². The van der Waals surface area contributed by atoms with Crippen molar-refractivity contribution in [1.29, 1.82) is 5.26 Å². The van der Waals surface area contributed by atoms with Crippen molar-refractivity contribution in [3.63, 3.8) is 0 Å². The average Bonchev–Trinajstić information content (AvgIpc) is 3.29. The number of fused-ring (bicyclic) bond motifs is 1. The number of ether oxygens (including phenoxy) is 2. The summed E-state index contributed by atoms with van der Waals surface area (Å²) in [4.78, 5) is 8.51. The minimum absolute atomic E-state index is 0.0768. The fourth-order valence-corrected chi connectivity index (χ4v) is 4.23. The van der Waals surface area contributed by atoms with E-state index in [1.54, 1.807) is 6.20 Å². The maximum absolute atomic E-state index is 11.0. The van der Waals surface area contributed by atoms with Crippen molar-refractivity contribution in [1.82, 2.24) is 9.97 Å². The van der Waals surface area contributed by atoms with E-state index in [2.05, 4.69) is 22.1 Å². The molecule has 1 N–H and O–H groups in total. The van der Waals surface area contributed by atoms with Crippen LogP contribution in [0.25, 0.3) is 33.4 Å². The van der Waals surface area contributed by atoms with Crippen molar-refractivity contribution in [3.05, 3.63) is 66.4 Å². The molecule has 1 aliphatic heterocycles. The highest BCUT2D eigenvalue weighted by Gasteiger charge is 2.18. The van der Waals surface area contributed by atoms with Crippen LogP contribution in [0.1, 0.15) is 18.4 Å². The Morgan fingerprint density at radius 3 is 2.59 bits per heavy atom. The van der Waals surface area contributed by atoms with Crippen molar-refractivity contribution in [2.45, 2.75) is 23.8 Å². The van der Waals surface area contributed by atoms with Crippen molar-refractivity contribution in [2.24, 2.45) is 0 Å². The Bertz CT molecular complexity index is 1320. The monoisotopic (exact) mass is 442 g/mol. The molecule has 2 aromatic heterocycles. The van der Waals surface area contributed by atoms with Crippen LogP contribution in [0.4, 0.5) is 0 Å². The molecule has 0 amide bonds. The molecule has 32 heavy (non-hydrogen) atoms. The van der Waals surface area contributed by atoms with Gasteiger partial charge in [-0.3, -0.25) is 0 Å². The zero-order chi connectivity index (χ0) is 21.9. The van der Waals surface area contributed by atoms with E-state index in [9.17, 15) is 9.47 Å². The van der Waals surface area contributed by atoms with Gasteiger partial charge in [-0.05, 0) is 53.1 Å². The lowest BCUT2D eigenvalue weighted by molar-refractivity contribution is 0.0254. The minimum atomic E-state index is 0.0768. The highest BCUT2D eigenvalue weighted by molar-refractivity contribution is 7.65. The molecule has 2 aromatic carbocycles. The Labute approximate surface area is 189 Å². The van der Waals surface area contributed by atoms with Crippen LogP contribution in [0.3, 0.4) is 0 Å². The minimum Gasteiger partial charge on any atom is -0.489 e. The van der Waals surface area contributed by atoms with Crippen LogP contribution in [0, 0.1) is 11.3 Å². The molecule has 6 nitrogen and oxygen atoms in total. The first kappa shape index (κ1) is 20.3. The van der Waals surface area contributed by atoms with E-state index in [1.807, 2.05) is 48.5 Å². The maximum atomic E-state index is 11.0. The van der Waals surface area contributed by atoms with Gasteiger partial charge < -0.3 is 14.5 Å². The summed E-state index contributed by atoms with van der Waals surface area (Å²) in [6.07, 6.45) is 3.50. The summed E-state index contributed by atoms with van der Waals surface area (Å²) in [7, 11) is 0. The number of nitrogens with one attached hydrogen (secondary N) is 1. The van der Waals surface area contributed by atoms with Gasteiger partial charge in [0.1, 0.15) is 23.6 Å². The van der Waals surface area contributed by atoms with Crippen LogP contribution >= 0.6 is 0 Å². The molecule has 0 atom stereocenters. The van der Waals surface area contributed by atoms with Crippen LogP contribution < -0.4 is 4.74 Å². The summed E-state index contributed by atoms with van der Waals surface area (Å²) in [6.45, 7) is 1.38. The molecule has 158 valence electrons. The normalized spacial score (nSPS) is 14.2. The molecule has 0 aliphatic carbocycles. The Morgan fingerprint density at radius 2 is 1.84 bits per heavy atom. The van der Waals surface area contributed by atoms with Gasteiger partial charge in [0.2, 0.25) is 0 Å².